The summed E-state index contributed by atoms with van der Waals surface area (Å²) in [6, 6.07) is 7.93. The molecule has 0 aliphatic heterocycles. The van der Waals surface area contributed by atoms with Crippen LogP contribution in [0.1, 0.15) is 15.6 Å². The van der Waals surface area contributed by atoms with E-state index in [0.29, 0.717) is 27.8 Å². The first-order valence-corrected chi connectivity index (χ1v) is 9.34. The van der Waals surface area contributed by atoms with Gasteiger partial charge in [0.15, 0.2) is 0 Å². The summed E-state index contributed by atoms with van der Waals surface area (Å²) in [5.74, 6) is 1.26. The van der Waals surface area contributed by atoms with Gasteiger partial charge in [-0.15, -0.1) is 11.3 Å². The number of methoxy groups -OCH3 is 1. The number of thiophene rings is 1. The molecule has 3 heterocycles. The summed E-state index contributed by atoms with van der Waals surface area (Å²) in [5, 5.41) is 1.82. The van der Waals surface area contributed by atoms with Gasteiger partial charge in [-0.2, -0.15) is 23.1 Å². The van der Waals surface area contributed by atoms with Gasteiger partial charge in [0.25, 0.3) is 0 Å². The van der Waals surface area contributed by atoms with Crippen molar-refractivity contribution in [3.05, 3.63) is 68.8 Å². The number of benzene rings is 1. The molecule has 0 N–H and O–H groups in total. The van der Waals surface area contributed by atoms with Crippen molar-refractivity contribution in [3.63, 3.8) is 0 Å². The number of hydrogen-bond acceptors (Lipinski definition) is 5. The third kappa shape index (κ3) is 3.75. The molecule has 0 radical (unpaired) electrons. The lowest BCUT2D eigenvalue weighted by Crippen LogP contribution is -2.28. The van der Waals surface area contributed by atoms with Crippen molar-refractivity contribution in [2.45, 2.75) is 19.6 Å². The third-order valence-corrected chi connectivity index (χ3v) is 5.53. The highest BCUT2D eigenvalue weighted by atomic mass is 32.1. The van der Waals surface area contributed by atoms with E-state index in [1.165, 1.54) is 10.6 Å². The summed E-state index contributed by atoms with van der Waals surface area (Å²) >= 11 is 0.602. The molecular formula is C19H15F3N4O2S. The van der Waals surface area contributed by atoms with Gasteiger partial charge in [0, 0.05) is 28.0 Å². The van der Waals surface area contributed by atoms with E-state index < -0.39 is 16.7 Å². The van der Waals surface area contributed by atoms with Crippen LogP contribution < -0.4 is 10.4 Å². The van der Waals surface area contributed by atoms with E-state index >= 15 is 0 Å². The molecule has 0 spiro atoms. The quantitative estimate of drug-likeness (QED) is 0.500. The molecule has 0 unspecified atom stereocenters. The van der Waals surface area contributed by atoms with Gasteiger partial charge in [-0.05, 0) is 37.3 Å². The van der Waals surface area contributed by atoms with Crippen molar-refractivity contribution < 1.29 is 17.9 Å². The van der Waals surface area contributed by atoms with E-state index in [2.05, 4.69) is 9.97 Å². The van der Waals surface area contributed by atoms with Gasteiger partial charge in [0.1, 0.15) is 16.5 Å². The third-order valence-electron chi connectivity index (χ3n) is 4.42. The Labute approximate surface area is 166 Å². The SMILES string of the molecule is COc1ccc2cn(-c3nc(C)n(Cc4ccc(C(F)(F)F)s4)c(=O)n3)cc2c1. The molecule has 0 atom stereocenters. The zero-order chi connectivity index (χ0) is 20.8. The molecular weight excluding hydrogens is 405 g/mol. The van der Waals surface area contributed by atoms with Gasteiger partial charge in [-0.1, -0.05) is 0 Å². The number of hydrogen-bond donors (Lipinski definition) is 0. The second-order valence-corrected chi connectivity index (χ2v) is 7.53. The molecule has 0 fully saturated rings. The molecule has 4 rings (SSSR count). The first-order valence-electron chi connectivity index (χ1n) is 8.52. The summed E-state index contributed by atoms with van der Waals surface area (Å²) in [5.41, 5.74) is -0.579. The Morgan fingerprint density at radius 3 is 2.52 bits per heavy atom. The number of alkyl halides is 3. The Hall–Kier alpha value is -3.14. The van der Waals surface area contributed by atoms with Crippen LogP contribution in [0.5, 0.6) is 5.75 Å². The van der Waals surface area contributed by atoms with Gasteiger partial charge in [0.05, 0.1) is 13.7 Å². The fraction of sp³-hybridized carbons (Fsp3) is 0.211. The van der Waals surface area contributed by atoms with Gasteiger partial charge in [-0.3, -0.25) is 9.13 Å². The highest BCUT2D eigenvalue weighted by Crippen LogP contribution is 2.34. The van der Waals surface area contributed by atoms with Crippen molar-refractivity contribution in [3.8, 4) is 11.7 Å². The molecule has 4 aromatic rings. The van der Waals surface area contributed by atoms with Gasteiger partial charge >= 0.3 is 11.9 Å². The maximum atomic E-state index is 12.8. The first-order chi connectivity index (χ1) is 13.7. The topological polar surface area (TPSA) is 61.9 Å². The lowest BCUT2D eigenvalue weighted by molar-refractivity contribution is -0.134. The van der Waals surface area contributed by atoms with Gasteiger partial charge < -0.3 is 4.74 Å². The van der Waals surface area contributed by atoms with Crippen LogP contribution in [0.25, 0.3) is 16.7 Å². The lowest BCUT2D eigenvalue weighted by atomic mass is 10.2. The Balaban J connectivity index is 1.67. The summed E-state index contributed by atoms with van der Waals surface area (Å²) in [4.78, 5) is 20.6. The van der Waals surface area contributed by atoms with Gasteiger partial charge in [-0.25, -0.2) is 4.79 Å². The largest absolute Gasteiger partial charge is 0.497 e. The standard InChI is InChI=1S/C19H15F3N4O2S/c1-11-23-17(25-8-12-3-4-14(28-2)7-13(12)9-25)24-18(27)26(11)10-15-5-6-16(29-15)19(20,21)22/h3-9H,10H2,1-2H3. The molecule has 10 heteroatoms. The minimum atomic E-state index is -4.40. The number of halogens is 3. The number of rotatable bonds is 4. The predicted octanol–water partition coefficient (Wildman–Crippen LogP) is 4.03. The second-order valence-electron chi connectivity index (χ2n) is 6.36. The molecule has 0 aliphatic carbocycles. The molecule has 0 saturated carbocycles. The lowest BCUT2D eigenvalue weighted by Gasteiger charge is -2.09. The van der Waals surface area contributed by atoms with Crippen LogP contribution in [0.3, 0.4) is 0 Å². The van der Waals surface area contributed by atoms with Crippen LogP contribution in [-0.2, 0) is 12.7 Å². The van der Waals surface area contributed by atoms with Gasteiger partial charge in [0.2, 0.25) is 5.95 Å². The van der Waals surface area contributed by atoms with Crippen LogP contribution >= 0.6 is 11.3 Å². The Morgan fingerprint density at radius 2 is 1.86 bits per heavy atom. The van der Waals surface area contributed by atoms with E-state index in [9.17, 15) is 18.0 Å². The molecule has 0 aliphatic rings. The zero-order valence-electron chi connectivity index (χ0n) is 15.4. The molecule has 0 amide bonds. The fourth-order valence-electron chi connectivity index (χ4n) is 2.94. The summed E-state index contributed by atoms with van der Waals surface area (Å²) < 4.78 is 46.4. The van der Waals surface area contributed by atoms with Crippen LogP contribution in [0.2, 0.25) is 0 Å². The van der Waals surface area contributed by atoms with E-state index in [1.807, 2.05) is 18.2 Å². The van der Waals surface area contributed by atoms with Crippen LogP contribution in [0, 0.1) is 6.92 Å². The Morgan fingerprint density at radius 1 is 1.10 bits per heavy atom. The van der Waals surface area contributed by atoms with Crippen molar-refractivity contribution in [1.29, 1.82) is 0 Å². The highest BCUT2D eigenvalue weighted by Gasteiger charge is 2.32. The maximum Gasteiger partial charge on any atom is 0.425 e. The number of nitrogens with zero attached hydrogens (tertiary/aromatic N) is 4. The summed E-state index contributed by atoms with van der Waals surface area (Å²) in [7, 11) is 1.58. The van der Waals surface area contributed by atoms with E-state index in [4.69, 9.17) is 4.74 Å². The minimum Gasteiger partial charge on any atom is -0.497 e. The second kappa shape index (κ2) is 7.03. The van der Waals surface area contributed by atoms with E-state index in [0.717, 1.165) is 16.8 Å². The van der Waals surface area contributed by atoms with Crippen molar-refractivity contribution in [1.82, 2.24) is 19.1 Å². The number of aromatic nitrogens is 4. The van der Waals surface area contributed by atoms with E-state index in [1.54, 1.807) is 31.0 Å². The summed E-state index contributed by atoms with van der Waals surface area (Å²) in [6.07, 6.45) is -0.824. The maximum absolute atomic E-state index is 12.8. The molecule has 3 aromatic heterocycles. The number of fused-ring (bicyclic) bond motifs is 1. The van der Waals surface area contributed by atoms with Crippen LogP contribution in [0.15, 0.2) is 47.5 Å². The molecule has 29 heavy (non-hydrogen) atoms. The number of aryl methyl sites for hydroxylation is 1. The predicted molar refractivity (Wildman–Crippen MR) is 103 cm³/mol. The zero-order valence-corrected chi connectivity index (χ0v) is 16.2. The Kier molecular flexibility index (Phi) is 4.65. The fourth-order valence-corrected chi connectivity index (χ4v) is 3.81. The Bertz CT molecular complexity index is 1260. The molecule has 150 valence electrons. The average Bonchev–Trinajstić information content (AvgIpc) is 3.30. The molecule has 0 bridgehead atoms. The van der Waals surface area contributed by atoms with Crippen molar-refractivity contribution in [2.75, 3.05) is 7.11 Å². The molecule has 0 saturated heterocycles. The normalized spacial score (nSPS) is 11.9. The van der Waals surface area contributed by atoms with Crippen molar-refractivity contribution >= 4 is 22.1 Å². The first kappa shape index (κ1) is 19.2. The average molecular weight is 420 g/mol. The van der Waals surface area contributed by atoms with Crippen molar-refractivity contribution in [2.24, 2.45) is 0 Å². The summed E-state index contributed by atoms with van der Waals surface area (Å²) in [6.45, 7) is 1.60. The monoisotopic (exact) mass is 420 g/mol. The number of ether oxygens (including phenoxy) is 1. The molecule has 1 aromatic carbocycles. The van der Waals surface area contributed by atoms with Crippen LogP contribution in [-0.4, -0.2) is 26.2 Å². The highest BCUT2D eigenvalue weighted by molar-refractivity contribution is 7.12. The minimum absolute atomic E-state index is 0.0173. The van der Waals surface area contributed by atoms with Crippen LogP contribution in [0.4, 0.5) is 13.2 Å². The smallest absolute Gasteiger partial charge is 0.425 e. The molecule has 6 nitrogen and oxygen atoms in total. The van der Waals surface area contributed by atoms with E-state index in [-0.39, 0.29) is 12.5 Å².